The van der Waals surface area contributed by atoms with Crippen molar-refractivity contribution in [2.75, 3.05) is 0 Å². The minimum absolute atomic E-state index is 0.000994. The van der Waals surface area contributed by atoms with Gasteiger partial charge in [0, 0.05) is 6.04 Å². The molecule has 1 aromatic heterocycles. The minimum atomic E-state index is -3.67. The van der Waals surface area contributed by atoms with E-state index >= 15 is 0 Å². The van der Waals surface area contributed by atoms with Crippen molar-refractivity contribution in [1.29, 1.82) is 0 Å². The second kappa shape index (κ2) is 5.51. The first kappa shape index (κ1) is 15.0. The molecule has 1 saturated carbocycles. The van der Waals surface area contributed by atoms with Crippen LogP contribution in [0.3, 0.4) is 0 Å². The van der Waals surface area contributed by atoms with Crippen LogP contribution in [0.4, 0.5) is 0 Å². The highest BCUT2D eigenvalue weighted by Gasteiger charge is 2.30. The summed E-state index contributed by atoms with van der Waals surface area (Å²) in [6.07, 6.45) is 3.21. The SMILES string of the molecule is CC(NS(=O)(=O)c1cc(C(=O)O)sc1Br)C1CCC1. The zero-order valence-corrected chi connectivity index (χ0v) is 13.4. The molecule has 0 spiro atoms. The Morgan fingerprint density at radius 3 is 2.63 bits per heavy atom. The maximum absolute atomic E-state index is 12.2. The maximum atomic E-state index is 12.2. The van der Waals surface area contributed by atoms with E-state index in [0.29, 0.717) is 9.70 Å². The van der Waals surface area contributed by atoms with Gasteiger partial charge in [0.05, 0.1) is 3.79 Å². The van der Waals surface area contributed by atoms with Crippen molar-refractivity contribution in [3.63, 3.8) is 0 Å². The van der Waals surface area contributed by atoms with E-state index in [1.807, 2.05) is 6.92 Å². The second-order valence-electron chi connectivity index (χ2n) is 4.65. The van der Waals surface area contributed by atoms with Crippen LogP contribution in [-0.2, 0) is 10.0 Å². The van der Waals surface area contributed by atoms with E-state index in [2.05, 4.69) is 20.7 Å². The largest absolute Gasteiger partial charge is 0.477 e. The Labute approximate surface area is 124 Å². The molecular formula is C11H14BrNO4S2. The fourth-order valence-electron chi connectivity index (χ4n) is 1.98. The van der Waals surface area contributed by atoms with Gasteiger partial charge in [-0.05, 0) is 47.7 Å². The standard InChI is InChI=1S/C11H14BrNO4S2/c1-6(7-3-2-4-7)13-19(16,17)9-5-8(11(14)15)18-10(9)12/h5-7,13H,2-4H2,1H3,(H,14,15). The van der Waals surface area contributed by atoms with Gasteiger partial charge in [-0.1, -0.05) is 6.42 Å². The Balaban J connectivity index is 2.21. The number of carboxylic acid groups (broad SMARTS) is 1. The first-order chi connectivity index (χ1) is 8.81. The van der Waals surface area contributed by atoms with Gasteiger partial charge in [0.2, 0.25) is 10.0 Å². The summed E-state index contributed by atoms with van der Waals surface area (Å²) in [7, 11) is -3.67. The number of sulfonamides is 1. The third-order valence-corrected chi connectivity index (χ3v) is 7.15. The molecule has 106 valence electrons. The molecule has 0 radical (unpaired) electrons. The average molecular weight is 368 g/mol. The highest BCUT2D eigenvalue weighted by Crippen LogP contribution is 2.34. The average Bonchev–Trinajstić information content (AvgIpc) is 2.57. The monoisotopic (exact) mass is 367 g/mol. The number of hydrogen-bond donors (Lipinski definition) is 2. The van der Waals surface area contributed by atoms with Gasteiger partial charge in [-0.3, -0.25) is 0 Å². The molecule has 0 aliphatic heterocycles. The summed E-state index contributed by atoms with van der Waals surface area (Å²) >= 11 is 4.02. The van der Waals surface area contributed by atoms with Gasteiger partial charge in [0.1, 0.15) is 9.77 Å². The van der Waals surface area contributed by atoms with Gasteiger partial charge >= 0.3 is 5.97 Å². The molecule has 0 saturated heterocycles. The number of nitrogens with one attached hydrogen (secondary N) is 1. The van der Waals surface area contributed by atoms with Crippen LogP contribution < -0.4 is 4.72 Å². The van der Waals surface area contributed by atoms with E-state index in [9.17, 15) is 13.2 Å². The number of hydrogen-bond acceptors (Lipinski definition) is 4. The number of rotatable bonds is 5. The summed E-state index contributed by atoms with van der Waals surface area (Å²) in [4.78, 5) is 10.9. The summed E-state index contributed by atoms with van der Waals surface area (Å²) < 4.78 is 27.4. The lowest BCUT2D eigenvalue weighted by Crippen LogP contribution is -2.40. The van der Waals surface area contributed by atoms with Crippen molar-refractivity contribution in [2.24, 2.45) is 5.92 Å². The number of carbonyl (C=O) groups is 1. The van der Waals surface area contributed by atoms with Crippen LogP contribution in [0.25, 0.3) is 0 Å². The summed E-state index contributed by atoms with van der Waals surface area (Å²) in [6, 6.07) is 1.06. The van der Waals surface area contributed by atoms with Crippen molar-refractivity contribution in [3.8, 4) is 0 Å². The third-order valence-electron chi connectivity index (χ3n) is 3.35. The third kappa shape index (κ3) is 3.18. The van der Waals surface area contributed by atoms with E-state index in [4.69, 9.17) is 5.11 Å². The molecule has 1 fully saturated rings. The van der Waals surface area contributed by atoms with Crippen LogP contribution in [0, 0.1) is 5.92 Å². The second-order valence-corrected chi connectivity index (χ2v) is 8.71. The lowest BCUT2D eigenvalue weighted by molar-refractivity contribution is 0.0702. The lowest BCUT2D eigenvalue weighted by atomic mass is 9.81. The number of carboxylic acids is 1. The van der Waals surface area contributed by atoms with Gasteiger partial charge in [-0.25, -0.2) is 17.9 Å². The van der Waals surface area contributed by atoms with E-state index in [1.54, 1.807) is 0 Å². The van der Waals surface area contributed by atoms with Crippen LogP contribution in [-0.4, -0.2) is 25.5 Å². The summed E-state index contributed by atoms with van der Waals surface area (Å²) in [5.41, 5.74) is 0. The normalized spacial score (nSPS) is 18.0. The molecule has 0 bridgehead atoms. The van der Waals surface area contributed by atoms with E-state index in [-0.39, 0.29) is 15.8 Å². The Bertz CT molecular complexity index is 592. The predicted molar refractivity (Wildman–Crippen MR) is 76.1 cm³/mol. The van der Waals surface area contributed by atoms with Gasteiger partial charge in [-0.2, -0.15) is 0 Å². The zero-order chi connectivity index (χ0) is 14.2. The molecule has 5 nitrogen and oxygen atoms in total. The maximum Gasteiger partial charge on any atom is 0.345 e. The highest BCUT2D eigenvalue weighted by molar-refractivity contribution is 9.11. The van der Waals surface area contributed by atoms with Crippen LogP contribution >= 0.6 is 27.3 Å². The van der Waals surface area contributed by atoms with E-state index in [0.717, 1.165) is 30.6 Å². The number of aromatic carboxylic acids is 1. The Kier molecular flexibility index (Phi) is 4.34. The number of thiophene rings is 1. The summed E-state index contributed by atoms with van der Waals surface area (Å²) in [5, 5.41) is 8.88. The Hall–Kier alpha value is -0.440. The zero-order valence-electron chi connectivity index (χ0n) is 10.2. The van der Waals surface area contributed by atoms with Gasteiger partial charge < -0.3 is 5.11 Å². The first-order valence-corrected chi connectivity index (χ1v) is 8.95. The molecule has 1 aliphatic carbocycles. The molecule has 0 amide bonds. The quantitative estimate of drug-likeness (QED) is 0.837. The van der Waals surface area contributed by atoms with Crippen LogP contribution in [0.2, 0.25) is 0 Å². The van der Waals surface area contributed by atoms with E-state index in [1.165, 1.54) is 6.07 Å². The molecule has 19 heavy (non-hydrogen) atoms. The first-order valence-electron chi connectivity index (χ1n) is 5.86. The van der Waals surface area contributed by atoms with Gasteiger partial charge in [-0.15, -0.1) is 11.3 Å². The molecular weight excluding hydrogens is 354 g/mol. The van der Waals surface area contributed by atoms with Crippen LogP contribution in [0.1, 0.15) is 35.9 Å². The molecule has 8 heteroatoms. The van der Waals surface area contributed by atoms with Crippen molar-refractivity contribution in [1.82, 2.24) is 4.72 Å². The molecule has 0 aromatic carbocycles. The van der Waals surface area contributed by atoms with Crippen LogP contribution in [0.15, 0.2) is 14.7 Å². The molecule has 1 aliphatic rings. The van der Waals surface area contributed by atoms with E-state index < -0.39 is 16.0 Å². The molecule has 1 unspecified atom stereocenters. The molecule has 1 aromatic rings. The molecule has 1 atom stereocenters. The smallest absolute Gasteiger partial charge is 0.345 e. The molecule has 2 rings (SSSR count). The molecule has 1 heterocycles. The van der Waals surface area contributed by atoms with Gasteiger partial charge in [0.15, 0.2) is 0 Å². The highest BCUT2D eigenvalue weighted by atomic mass is 79.9. The number of halogens is 1. The van der Waals surface area contributed by atoms with Crippen molar-refractivity contribution in [2.45, 2.75) is 37.1 Å². The van der Waals surface area contributed by atoms with Gasteiger partial charge in [0.25, 0.3) is 0 Å². The lowest BCUT2D eigenvalue weighted by Gasteiger charge is -2.31. The minimum Gasteiger partial charge on any atom is -0.477 e. The van der Waals surface area contributed by atoms with Crippen molar-refractivity contribution >= 4 is 43.3 Å². The van der Waals surface area contributed by atoms with Crippen molar-refractivity contribution in [3.05, 3.63) is 14.7 Å². The topological polar surface area (TPSA) is 83.5 Å². The van der Waals surface area contributed by atoms with Crippen LogP contribution in [0.5, 0.6) is 0 Å². The van der Waals surface area contributed by atoms with Crippen molar-refractivity contribution < 1.29 is 18.3 Å². The Morgan fingerprint density at radius 1 is 1.58 bits per heavy atom. The molecule has 2 N–H and O–H groups in total. The summed E-state index contributed by atoms with van der Waals surface area (Å²) in [5.74, 6) is -0.745. The predicted octanol–water partition coefficient (Wildman–Crippen LogP) is 2.68. The summed E-state index contributed by atoms with van der Waals surface area (Å²) in [6.45, 7) is 1.85. The fourth-order valence-corrected chi connectivity index (χ4v) is 5.70. The Morgan fingerprint density at radius 2 is 2.21 bits per heavy atom. The fraction of sp³-hybridized carbons (Fsp3) is 0.545.